The molecule has 5 N–H and O–H groups in total. The lowest BCUT2D eigenvalue weighted by Gasteiger charge is -2.19. The van der Waals surface area contributed by atoms with Crippen LogP contribution in [0.3, 0.4) is 0 Å². The van der Waals surface area contributed by atoms with Gasteiger partial charge < -0.3 is 21.3 Å². The van der Waals surface area contributed by atoms with E-state index in [9.17, 15) is 13.2 Å². The third-order valence-corrected chi connectivity index (χ3v) is 8.38. The van der Waals surface area contributed by atoms with E-state index >= 15 is 0 Å². The second-order valence-corrected chi connectivity index (χ2v) is 11.7. The fraction of sp³-hybridized carbons (Fsp3) is 0.207. The van der Waals surface area contributed by atoms with Crippen LogP contribution in [0.1, 0.15) is 19.3 Å². The minimum absolute atomic E-state index is 0.0393. The van der Waals surface area contributed by atoms with Gasteiger partial charge in [0.05, 0.1) is 4.90 Å². The number of carbonyl (C=O) groups is 1. The van der Waals surface area contributed by atoms with Crippen molar-refractivity contribution in [3.63, 3.8) is 0 Å². The van der Waals surface area contributed by atoms with Gasteiger partial charge in [-0.25, -0.2) is 18.1 Å². The van der Waals surface area contributed by atoms with Crippen molar-refractivity contribution in [1.29, 1.82) is 0 Å². The lowest BCUT2D eigenvalue weighted by atomic mass is 10.1. The summed E-state index contributed by atoms with van der Waals surface area (Å²) in [7, 11) is -3.61. The van der Waals surface area contributed by atoms with Crippen LogP contribution in [0, 0.1) is 0 Å². The van der Waals surface area contributed by atoms with E-state index in [2.05, 4.69) is 36.0 Å². The predicted molar refractivity (Wildman–Crippen MR) is 156 cm³/mol. The van der Waals surface area contributed by atoms with Crippen molar-refractivity contribution in [2.24, 2.45) is 0 Å². The van der Waals surface area contributed by atoms with E-state index in [1.165, 1.54) is 0 Å². The van der Waals surface area contributed by atoms with Gasteiger partial charge in [0.25, 0.3) is 0 Å². The molecule has 11 heteroatoms. The molecule has 1 fully saturated rings. The fourth-order valence-electron chi connectivity index (χ4n) is 4.56. The SMILES string of the molecule is O=C(Nc1ccccc1)C1(Nc2ccc(-c3cnc4nc3NCCCNS(=O)(=O)c3cccc(c3)N4)cc2)CC1. The van der Waals surface area contributed by atoms with Gasteiger partial charge in [0.2, 0.25) is 21.9 Å². The molecule has 1 aliphatic carbocycles. The van der Waals surface area contributed by atoms with Gasteiger partial charge in [0, 0.05) is 41.9 Å². The summed E-state index contributed by atoms with van der Waals surface area (Å²) in [5, 5.41) is 12.8. The van der Waals surface area contributed by atoms with E-state index < -0.39 is 15.6 Å². The summed E-state index contributed by atoms with van der Waals surface area (Å²) in [5.41, 5.74) is 3.31. The number of aromatic nitrogens is 2. The molecule has 2 heterocycles. The van der Waals surface area contributed by atoms with Crippen LogP contribution < -0.4 is 26.0 Å². The van der Waals surface area contributed by atoms with Crippen LogP contribution in [0.4, 0.5) is 28.8 Å². The summed E-state index contributed by atoms with van der Waals surface area (Å²) in [4.78, 5) is 22.3. The van der Waals surface area contributed by atoms with Crippen molar-refractivity contribution >= 4 is 44.8 Å². The van der Waals surface area contributed by atoms with Crippen LogP contribution in [0.5, 0.6) is 0 Å². The number of anilines is 5. The first-order valence-corrected chi connectivity index (χ1v) is 14.6. The van der Waals surface area contributed by atoms with E-state index in [0.717, 1.165) is 35.3 Å². The Balaban J connectivity index is 1.21. The minimum atomic E-state index is -3.61. The van der Waals surface area contributed by atoms with Gasteiger partial charge in [0.1, 0.15) is 11.4 Å². The highest BCUT2D eigenvalue weighted by Gasteiger charge is 2.50. The molecule has 4 aromatic rings. The second-order valence-electron chi connectivity index (χ2n) is 9.89. The molecule has 6 rings (SSSR count). The van der Waals surface area contributed by atoms with Gasteiger partial charge in [-0.1, -0.05) is 36.4 Å². The van der Waals surface area contributed by atoms with Crippen LogP contribution in [-0.2, 0) is 14.8 Å². The Morgan fingerprint density at radius 3 is 2.48 bits per heavy atom. The number of rotatable bonds is 5. The number of carbonyl (C=O) groups excluding carboxylic acids is 1. The number of nitrogens with one attached hydrogen (secondary N) is 5. The lowest BCUT2D eigenvalue weighted by molar-refractivity contribution is -0.117. The first-order chi connectivity index (χ1) is 19.4. The molecule has 1 amide bonds. The molecule has 4 bridgehead atoms. The number of amides is 1. The number of fused-ring (bicyclic) bond motifs is 4. The van der Waals surface area contributed by atoms with Gasteiger partial charge in [-0.15, -0.1) is 0 Å². The van der Waals surface area contributed by atoms with Gasteiger partial charge in [-0.3, -0.25) is 4.79 Å². The highest BCUT2D eigenvalue weighted by atomic mass is 32.2. The van der Waals surface area contributed by atoms with Gasteiger partial charge >= 0.3 is 0 Å². The standard InChI is InChI=1S/C29H29N7O3S/c37-27(33-21-6-2-1-3-7-21)29(14-15-29)36-22-12-10-20(11-13-22)25-19-31-28-34-23-8-4-9-24(18-23)40(38,39)32-17-5-16-30-26(25)35-28/h1-4,6-13,18-19,32,36H,5,14-17H2,(H,33,37)(H2,30,31,34,35). The molecule has 204 valence electrons. The topological polar surface area (TPSA) is 137 Å². The van der Waals surface area contributed by atoms with E-state index in [4.69, 9.17) is 0 Å². The number of hydrogen-bond acceptors (Lipinski definition) is 8. The van der Waals surface area contributed by atoms with E-state index in [1.54, 1.807) is 30.5 Å². The molecule has 2 aliphatic rings. The molecule has 1 aromatic heterocycles. The van der Waals surface area contributed by atoms with Crippen molar-refractivity contribution in [3.8, 4) is 11.1 Å². The Kier molecular flexibility index (Phi) is 6.82. The number of nitrogens with zero attached hydrogens (tertiary/aromatic N) is 2. The number of para-hydroxylation sites is 1. The first kappa shape index (κ1) is 25.8. The number of hydrogen-bond donors (Lipinski definition) is 5. The summed E-state index contributed by atoms with van der Waals surface area (Å²) in [6.07, 6.45) is 3.85. The zero-order valence-electron chi connectivity index (χ0n) is 21.6. The lowest BCUT2D eigenvalue weighted by Crippen LogP contribution is -2.36. The van der Waals surface area contributed by atoms with Crippen LogP contribution in [0.2, 0.25) is 0 Å². The second kappa shape index (κ2) is 10.6. The highest BCUT2D eigenvalue weighted by molar-refractivity contribution is 7.89. The van der Waals surface area contributed by atoms with Crippen LogP contribution >= 0.6 is 0 Å². The zero-order chi connectivity index (χ0) is 27.6. The van der Waals surface area contributed by atoms with E-state index in [-0.39, 0.29) is 10.8 Å². The molecule has 0 atom stereocenters. The number of benzene rings is 3. The summed E-state index contributed by atoms with van der Waals surface area (Å²) in [6.45, 7) is 0.808. The highest BCUT2D eigenvalue weighted by Crippen LogP contribution is 2.40. The molecule has 0 spiro atoms. The first-order valence-electron chi connectivity index (χ1n) is 13.1. The van der Waals surface area contributed by atoms with Crippen molar-refractivity contribution in [2.75, 3.05) is 34.4 Å². The normalized spacial score (nSPS) is 17.0. The molecule has 40 heavy (non-hydrogen) atoms. The molecular formula is C29H29N7O3S. The molecule has 3 aromatic carbocycles. The zero-order valence-corrected chi connectivity index (χ0v) is 22.5. The third-order valence-electron chi connectivity index (χ3n) is 6.92. The Bertz CT molecular complexity index is 1640. The Morgan fingerprint density at radius 2 is 1.70 bits per heavy atom. The smallest absolute Gasteiger partial charge is 0.250 e. The molecular weight excluding hydrogens is 526 g/mol. The van der Waals surface area contributed by atoms with Gasteiger partial charge in [-0.2, -0.15) is 4.98 Å². The summed E-state index contributed by atoms with van der Waals surface area (Å²) in [5.74, 6) is 0.950. The average molecular weight is 556 g/mol. The average Bonchev–Trinajstić information content (AvgIpc) is 3.74. The van der Waals surface area contributed by atoms with E-state index in [1.807, 2.05) is 54.6 Å². The molecule has 0 unspecified atom stereocenters. The van der Waals surface area contributed by atoms with Crippen molar-refractivity contribution in [2.45, 2.75) is 29.7 Å². The van der Waals surface area contributed by atoms with Gasteiger partial charge in [0.15, 0.2) is 0 Å². The van der Waals surface area contributed by atoms with Crippen molar-refractivity contribution in [3.05, 3.63) is 85.1 Å². The monoisotopic (exact) mass is 555 g/mol. The largest absolute Gasteiger partial charge is 0.371 e. The maximum Gasteiger partial charge on any atom is 0.250 e. The minimum Gasteiger partial charge on any atom is -0.371 e. The molecule has 1 saturated carbocycles. The van der Waals surface area contributed by atoms with Crippen molar-refractivity contribution in [1.82, 2.24) is 14.7 Å². The van der Waals surface area contributed by atoms with Crippen LogP contribution in [0.15, 0.2) is 90.0 Å². The summed E-state index contributed by atoms with van der Waals surface area (Å²) in [6, 6.07) is 23.8. The summed E-state index contributed by atoms with van der Waals surface area (Å²) >= 11 is 0. The molecule has 0 saturated heterocycles. The predicted octanol–water partition coefficient (Wildman–Crippen LogP) is 4.56. The Labute approximate surface area is 232 Å². The summed E-state index contributed by atoms with van der Waals surface area (Å²) < 4.78 is 27.9. The van der Waals surface area contributed by atoms with Gasteiger partial charge in [-0.05, 0) is 67.3 Å². The number of sulfonamides is 1. The maximum atomic E-state index is 12.9. The fourth-order valence-corrected chi connectivity index (χ4v) is 5.68. The molecule has 10 nitrogen and oxygen atoms in total. The Hall–Kier alpha value is -4.48. The quantitative estimate of drug-likeness (QED) is 0.242. The third kappa shape index (κ3) is 5.61. The maximum absolute atomic E-state index is 12.9. The van der Waals surface area contributed by atoms with E-state index in [0.29, 0.717) is 37.0 Å². The van der Waals surface area contributed by atoms with Crippen LogP contribution in [-0.4, -0.2) is 42.9 Å². The molecule has 0 radical (unpaired) electrons. The molecule has 1 aliphatic heterocycles. The Morgan fingerprint density at radius 1 is 0.900 bits per heavy atom. The van der Waals surface area contributed by atoms with Crippen molar-refractivity contribution < 1.29 is 13.2 Å². The van der Waals surface area contributed by atoms with Crippen LogP contribution in [0.25, 0.3) is 11.1 Å².